The van der Waals surface area contributed by atoms with E-state index in [1.807, 2.05) is 23.1 Å². The lowest BCUT2D eigenvalue weighted by Gasteiger charge is -2.35. The molecule has 2 aromatic rings. The first-order valence-corrected chi connectivity index (χ1v) is 19.8. The van der Waals surface area contributed by atoms with Crippen LogP contribution in [0.3, 0.4) is 0 Å². The number of carbonyl (C=O) groups is 1. The number of halogens is 14. The molecule has 348 valence electrons. The number of piperazine rings is 2. The summed E-state index contributed by atoms with van der Waals surface area (Å²) in [6, 6.07) is 12.4. The molecular weight excluding hydrogens is 887 g/mol. The van der Waals surface area contributed by atoms with Crippen molar-refractivity contribution >= 4 is 40.7 Å². The molecule has 0 bridgehead atoms. The van der Waals surface area contributed by atoms with Gasteiger partial charge in [0.25, 0.3) is 6.10 Å². The fourth-order valence-electron chi connectivity index (χ4n) is 6.79. The summed E-state index contributed by atoms with van der Waals surface area (Å²) in [5.41, 5.74) is 4.44. The summed E-state index contributed by atoms with van der Waals surface area (Å²) in [6.45, 7) is 10.6. The maximum Gasteiger partial charge on any atom is 0.434 e. The van der Waals surface area contributed by atoms with Crippen LogP contribution in [0.25, 0.3) is 0 Å². The molecule has 2 aromatic carbocycles. The summed E-state index contributed by atoms with van der Waals surface area (Å²) < 4.78 is 145. The highest BCUT2D eigenvalue weighted by atomic mass is 35.5. The molecule has 4 saturated heterocycles. The fourth-order valence-corrected chi connectivity index (χ4v) is 7.26. The lowest BCUT2D eigenvalue weighted by Crippen LogP contribution is -2.52. The van der Waals surface area contributed by atoms with Crippen LogP contribution in [0, 0.1) is 0 Å². The number of hydrogen-bond donors (Lipinski definition) is 2. The molecular formula is C38H50Cl2F12N6O3. The van der Waals surface area contributed by atoms with E-state index in [0.29, 0.717) is 11.6 Å². The Morgan fingerprint density at radius 3 is 1.31 bits per heavy atom. The van der Waals surface area contributed by atoms with Crippen LogP contribution < -0.4 is 15.1 Å². The summed E-state index contributed by atoms with van der Waals surface area (Å²) in [7, 11) is 0. The Hall–Kier alpha value is -3.11. The quantitative estimate of drug-likeness (QED) is 0.267. The van der Waals surface area contributed by atoms with E-state index in [1.54, 1.807) is 0 Å². The topological polar surface area (TPSA) is 74.8 Å². The summed E-state index contributed by atoms with van der Waals surface area (Å²) in [5, 5.41) is 12.4. The summed E-state index contributed by atoms with van der Waals surface area (Å²) >= 11 is 12.9. The van der Waals surface area contributed by atoms with E-state index in [4.69, 9.17) is 28.3 Å². The van der Waals surface area contributed by atoms with Crippen molar-refractivity contribution in [2.24, 2.45) is 0 Å². The first kappa shape index (κ1) is 52.2. The van der Waals surface area contributed by atoms with Gasteiger partial charge < -0.3 is 29.9 Å². The number of aliphatic hydroxyl groups is 1. The largest absolute Gasteiger partial charge is 0.434 e. The predicted molar refractivity (Wildman–Crippen MR) is 208 cm³/mol. The number of carbonyl (C=O) groups excluding carboxylic acids is 1. The second kappa shape index (κ2) is 22.5. The van der Waals surface area contributed by atoms with E-state index in [0.717, 1.165) is 79.8 Å². The van der Waals surface area contributed by atoms with Crippen molar-refractivity contribution in [1.29, 1.82) is 0 Å². The second-order valence-electron chi connectivity index (χ2n) is 14.6. The normalized spacial score (nSPS) is 18.4. The van der Waals surface area contributed by atoms with Crippen molar-refractivity contribution in [2.75, 3.05) is 88.3 Å². The average molecular weight is 938 g/mol. The maximum absolute atomic E-state index is 12.6. The number of amides is 1. The fraction of sp³-hybridized carbons (Fsp3) is 0.658. The minimum absolute atomic E-state index is 0. The van der Waals surface area contributed by atoms with Gasteiger partial charge in [0.05, 0.1) is 0 Å². The minimum Gasteiger partial charge on any atom is -0.426 e. The van der Waals surface area contributed by atoms with Crippen LogP contribution >= 0.6 is 23.2 Å². The van der Waals surface area contributed by atoms with Crippen molar-refractivity contribution in [3.8, 4) is 0 Å². The Balaban J connectivity index is 0.000000280. The van der Waals surface area contributed by atoms with Gasteiger partial charge in [0.15, 0.2) is 0 Å². The predicted octanol–water partition coefficient (Wildman–Crippen LogP) is 9.14. The molecule has 23 heteroatoms. The molecule has 0 radical (unpaired) electrons. The van der Waals surface area contributed by atoms with Crippen LogP contribution in [-0.2, 0) is 17.8 Å². The molecule has 4 aliphatic rings. The molecule has 6 rings (SSSR count). The molecule has 4 aliphatic heterocycles. The number of anilines is 2. The van der Waals surface area contributed by atoms with E-state index >= 15 is 0 Å². The van der Waals surface area contributed by atoms with Gasteiger partial charge in [0.2, 0.25) is 6.10 Å². The van der Waals surface area contributed by atoms with Crippen molar-refractivity contribution in [3.05, 3.63) is 57.6 Å². The highest BCUT2D eigenvalue weighted by Gasteiger charge is 2.60. The van der Waals surface area contributed by atoms with Crippen LogP contribution in [0.2, 0.25) is 10.0 Å². The molecule has 1 amide bonds. The highest BCUT2D eigenvalue weighted by molar-refractivity contribution is 6.32. The lowest BCUT2D eigenvalue weighted by molar-refractivity contribution is -0.309. The van der Waals surface area contributed by atoms with E-state index in [9.17, 15) is 57.5 Å². The summed E-state index contributed by atoms with van der Waals surface area (Å²) in [5.74, 6) is 0. The zero-order chi connectivity index (χ0) is 44.5. The molecule has 0 unspecified atom stereocenters. The number of hydrogen-bond acceptors (Lipinski definition) is 8. The average Bonchev–Trinajstić information content (AvgIpc) is 3.91. The molecule has 0 aliphatic carbocycles. The zero-order valence-corrected chi connectivity index (χ0v) is 33.6. The maximum atomic E-state index is 12.6. The minimum atomic E-state index is -5.73. The van der Waals surface area contributed by atoms with Crippen molar-refractivity contribution in [2.45, 2.75) is 83.1 Å². The second-order valence-corrected chi connectivity index (χ2v) is 15.4. The molecule has 0 spiro atoms. The van der Waals surface area contributed by atoms with Gasteiger partial charge in [-0.25, -0.2) is 4.79 Å². The van der Waals surface area contributed by atoms with Gasteiger partial charge in [-0.1, -0.05) is 42.8 Å². The third-order valence-corrected chi connectivity index (χ3v) is 10.8. The van der Waals surface area contributed by atoms with Crippen LogP contribution in [0.15, 0.2) is 36.4 Å². The van der Waals surface area contributed by atoms with Gasteiger partial charge in [-0.2, -0.15) is 52.7 Å². The zero-order valence-electron chi connectivity index (χ0n) is 32.1. The Bertz CT molecular complexity index is 1630. The smallest absolute Gasteiger partial charge is 0.426 e. The molecule has 61 heavy (non-hydrogen) atoms. The first-order chi connectivity index (χ1) is 27.9. The SMILES string of the molecule is C.Clc1cc(N2CCCC2)ccc1CN1CCNCC1.O=C(OC(C(F)(F)F)C(F)(F)F)N1CCN(Cc2ccc(N3CCCC3)cc2Cl)CC1.OC(C(F)(F)F)C(F)(F)F. The van der Waals surface area contributed by atoms with Crippen molar-refractivity contribution < 1.29 is 67.3 Å². The number of rotatable bonds is 7. The van der Waals surface area contributed by atoms with Gasteiger partial charge in [-0.3, -0.25) is 9.80 Å². The van der Waals surface area contributed by atoms with E-state index in [-0.39, 0.29) is 33.6 Å². The molecule has 2 N–H and O–H groups in total. The Labute approximate surface area is 356 Å². The number of alkyl halides is 12. The molecule has 4 fully saturated rings. The standard InChI is InChI=1S/C19H22ClF6N3O2.C15H22ClN3.C3H2F6O.CH4/c20-15-11-14(28-5-1-2-6-28)4-3-13(15)12-27-7-9-29(10-8-27)17(30)31-16(18(21,22)23)19(24,25)26;16-15-11-14(19-7-1-2-8-19)4-3-13(15)12-18-9-5-17-6-10-18;4-2(5,6)1(10)3(7,8)9;/h3-4,11,16H,1-2,5-10,12H2;3-4,11,17H,1-2,5-10,12H2;1,10H;1H4. The molecule has 9 nitrogen and oxygen atoms in total. The van der Waals surface area contributed by atoms with Crippen LogP contribution in [0.1, 0.15) is 44.2 Å². The van der Waals surface area contributed by atoms with E-state index < -0.39 is 43.0 Å². The van der Waals surface area contributed by atoms with Gasteiger partial charge in [-0.05, 0) is 61.1 Å². The third kappa shape index (κ3) is 16.2. The molecule has 0 atom stereocenters. The lowest BCUT2D eigenvalue weighted by atomic mass is 10.1. The van der Waals surface area contributed by atoms with E-state index in [2.05, 4.69) is 43.0 Å². The molecule has 0 saturated carbocycles. The van der Waals surface area contributed by atoms with Crippen molar-refractivity contribution in [3.63, 3.8) is 0 Å². The third-order valence-electron chi connectivity index (χ3n) is 10.1. The number of aliphatic hydroxyl groups excluding tert-OH is 1. The Morgan fingerprint density at radius 2 is 0.984 bits per heavy atom. The van der Waals surface area contributed by atoms with Gasteiger partial charge in [0.1, 0.15) is 0 Å². The Morgan fingerprint density at radius 1 is 0.607 bits per heavy atom. The van der Waals surface area contributed by atoms with Gasteiger partial charge in [0, 0.05) is 113 Å². The monoisotopic (exact) mass is 936 g/mol. The molecule has 4 heterocycles. The number of ether oxygens (including phenoxy) is 1. The number of nitrogens with zero attached hydrogens (tertiary/aromatic N) is 5. The van der Waals surface area contributed by atoms with Gasteiger partial charge >= 0.3 is 30.8 Å². The van der Waals surface area contributed by atoms with Crippen molar-refractivity contribution in [1.82, 2.24) is 20.0 Å². The van der Waals surface area contributed by atoms with E-state index in [1.165, 1.54) is 37.2 Å². The van der Waals surface area contributed by atoms with Crippen LogP contribution in [0.4, 0.5) is 68.9 Å². The summed E-state index contributed by atoms with van der Waals surface area (Å²) in [6.07, 6.45) is -27.8. The number of nitrogens with one attached hydrogen (secondary N) is 1. The first-order valence-electron chi connectivity index (χ1n) is 19.1. The number of benzene rings is 2. The molecule has 0 aromatic heterocycles. The van der Waals surface area contributed by atoms with Crippen LogP contribution in [-0.4, -0.2) is 141 Å². The van der Waals surface area contributed by atoms with Crippen LogP contribution in [0.5, 0.6) is 0 Å². The highest BCUT2D eigenvalue weighted by Crippen LogP contribution is 2.37. The Kier molecular flexibility index (Phi) is 19.3. The summed E-state index contributed by atoms with van der Waals surface area (Å²) in [4.78, 5) is 21.8. The van der Waals surface area contributed by atoms with Gasteiger partial charge in [-0.15, -0.1) is 0 Å².